The zero-order chi connectivity index (χ0) is 19.1. The van der Waals surface area contributed by atoms with Gasteiger partial charge in [-0.2, -0.15) is 5.10 Å². The highest BCUT2D eigenvalue weighted by Crippen LogP contribution is 2.32. The van der Waals surface area contributed by atoms with Crippen molar-refractivity contribution in [1.29, 1.82) is 0 Å². The van der Waals surface area contributed by atoms with Crippen molar-refractivity contribution in [3.8, 4) is 11.5 Å². The molecule has 8 heteroatoms. The van der Waals surface area contributed by atoms with Gasteiger partial charge < -0.3 is 15.2 Å². The van der Waals surface area contributed by atoms with E-state index in [0.29, 0.717) is 32.7 Å². The van der Waals surface area contributed by atoms with Crippen molar-refractivity contribution in [2.75, 3.05) is 11.9 Å². The number of amides is 2. The summed E-state index contributed by atoms with van der Waals surface area (Å²) in [5.74, 6) is -0.121. The van der Waals surface area contributed by atoms with Gasteiger partial charge in [0.2, 0.25) is 5.91 Å². The van der Waals surface area contributed by atoms with E-state index >= 15 is 0 Å². The predicted molar refractivity (Wildman–Crippen MR) is 108 cm³/mol. The number of anilines is 1. The number of aromatic hydroxyl groups is 1. The Morgan fingerprint density at radius 2 is 1.96 bits per heavy atom. The molecule has 2 amide bonds. The molecule has 136 valence electrons. The SMILES string of the molecule is CCOc1cc(/C=N/NC(=O)c2ccc(NC(C)=O)cc2)cc(I)c1O. The first kappa shape index (κ1) is 19.7. The number of hydrogen-bond acceptors (Lipinski definition) is 5. The summed E-state index contributed by atoms with van der Waals surface area (Å²) >= 11 is 1.99. The number of hydrogen-bond donors (Lipinski definition) is 3. The van der Waals surface area contributed by atoms with E-state index in [1.54, 1.807) is 36.4 Å². The number of carbonyl (C=O) groups is 2. The molecule has 26 heavy (non-hydrogen) atoms. The van der Waals surface area contributed by atoms with Crippen LogP contribution in [0.4, 0.5) is 5.69 Å². The molecule has 0 radical (unpaired) electrons. The highest BCUT2D eigenvalue weighted by atomic mass is 127. The summed E-state index contributed by atoms with van der Waals surface area (Å²) in [6, 6.07) is 9.81. The molecule has 3 N–H and O–H groups in total. The second-order valence-electron chi connectivity index (χ2n) is 5.24. The first-order valence-corrected chi connectivity index (χ1v) is 8.85. The van der Waals surface area contributed by atoms with E-state index in [4.69, 9.17) is 4.74 Å². The van der Waals surface area contributed by atoms with E-state index in [1.807, 2.05) is 29.5 Å². The number of ether oxygens (including phenoxy) is 1. The van der Waals surface area contributed by atoms with Gasteiger partial charge in [-0.3, -0.25) is 9.59 Å². The quantitative estimate of drug-likeness (QED) is 0.346. The van der Waals surface area contributed by atoms with Crippen LogP contribution in [0.25, 0.3) is 0 Å². The minimum Gasteiger partial charge on any atom is -0.504 e. The van der Waals surface area contributed by atoms with Gasteiger partial charge in [0.25, 0.3) is 5.91 Å². The first-order chi connectivity index (χ1) is 12.4. The summed E-state index contributed by atoms with van der Waals surface area (Å²) in [6.07, 6.45) is 1.47. The molecule has 0 bridgehead atoms. The van der Waals surface area contributed by atoms with E-state index in [2.05, 4.69) is 15.8 Å². The molecular formula is C18H18IN3O4. The number of nitrogens with one attached hydrogen (secondary N) is 2. The van der Waals surface area contributed by atoms with Gasteiger partial charge in [-0.15, -0.1) is 0 Å². The van der Waals surface area contributed by atoms with Crippen molar-refractivity contribution >= 4 is 46.3 Å². The van der Waals surface area contributed by atoms with E-state index < -0.39 is 0 Å². The van der Waals surface area contributed by atoms with Crippen molar-refractivity contribution in [1.82, 2.24) is 5.43 Å². The third-order valence-electron chi connectivity index (χ3n) is 3.20. The number of phenols is 1. The minimum atomic E-state index is -0.380. The molecule has 0 fully saturated rings. The molecule has 0 aromatic heterocycles. The van der Waals surface area contributed by atoms with Crippen molar-refractivity contribution in [3.63, 3.8) is 0 Å². The van der Waals surface area contributed by atoms with Crippen LogP contribution in [0.5, 0.6) is 11.5 Å². The molecule has 0 aliphatic heterocycles. The normalized spacial score (nSPS) is 10.6. The van der Waals surface area contributed by atoms with Crippen LogP contribution in [0.15, 0.2) is 41.5 Å². The van der Waals surface area contributed by atoms with Crippen LogP contribution in [-0.4, -0.2) is 29.7 Å². The van der Waals surface area contributed by atoms with Crippen molar-refractivity contribution in [2.45, 2.75) is 13.8 Å². The minimum absolute atomic E-state index is 0.0768. The smallest absolute Gasteiger partial charge is 0.271 e. The molecule has 0 saturated heterocycles. The molecule has 0 aliphatic carbocycles. The lowest BCUT2D eigenvalue weighted by Gasteiger charge is -2.08. The number of nitrogens with zero attached hydrogens (tertiary/aromatic N) is 1. The van der Waals surface area contributed by atoms with Crippen molar-refractivity contribution < 1.29 is 19.4 Å². The van der Waals surface area contributed by atoms with Crippen LogP contribution in [-0.2, 0) is 4.79 Å². The molecule has 2 aromatic rings. The van der Waals surface area contributed by atoms with Gasteiger partial charge in [-0.05, 0) is 71.5 Å². The van der Waals surface area contributed by atoms with Gasteiger partial charge in [0.1, 0.15) is 0 Å². The topological polar surface area (TPSA) is 100 Å². The summed E-state index contributed by atoms with van der Waals surface area (Å²) in [6.45, 7) is 3.66. The Bertz CT molecular complexity index is 835. The fourth-order valence-corrected chi connectivity index (χ4v) is 2.70. The van der Waals surface area contributed by atoms with Crippen molar-refractivity contribution in [2.24, 2.45) is 5.10 Å². The molecule has 2 rings (SSSR count). The third-order valence-corrected chi connectivity index (χ3v) is 4.02. The van der Waals surface area contributed by atoms with Gasteiger partial charge in [-0.25, -0.2) is 5.43 Å². The molecular weight excluding hydrogens is 449 g/mol. The highest BCUT2D eigenvalue weighted by molar-refractivity contribution is 14.1. The third kappa shape index (κ3) is 5.45. The average Bonchev–Trinajstić information content (AvgIpc) is 2.59. The van der Waals surface area contributed by atoms with Gasteiger partial charge >= 0.3 is 0 Å². The van der Waals surface area contributed by atoms with E-state index in [0.717, 1.165) is 0 Å². The number of hydrazone groups is 1. The lowest BCUT2D eigenvalue weighted by molar-refractivity contribution is -0.114. The van der Waals surface area contributed by atoms with Gasteiger partial charge in [-0.1, -0.05) is 0 Å². The monoisotopic (exact) mass is 467 g/mol. The number of rotatable bonds is 6. The Balaban J connectivity index is 2.03. The standard InChI is InChI=1S/C18H18IN3O4/c1-3-26-16-9-12(8-15(19)17(16)24)10-20-22-18(25)13-4-6-14(7-5-13)21-11(2)23/h4-10,24H,3H2,1-2H3,(H,21,23)(H,22,25)/b20-10+. The summed E-state index contributed by atoms with van der Waals surface area (Å²) in [4.78, 5) is 23.1. The molecule has 0 saturated carbocycles. The Kier molecular flexibility index (Phi) is 6.96. The van der Waals surface area contributed by atoms with Crippen LogP contribution >= 0.6 is 22.6 Å². The number of phenolic OH excluding ortho intramolecular Hbond substituents is 1. The average molecular weight is 467 g/mol. The maximum absolute atomic E-state index is 12.1. The fourth-order valence-electron chi connectivity index (χ4n) is 2.07. The largest absolute Gasteiger partial charge is 0.504 e. The molecule has 2 aromatic carbocycles. The lowest BCUT2D eigenvalue weighted by Crippen LogP contribution is -2.17. The first-order valence-electron chi connectivity index (χ1n) is 7.77. The summed E-state index contributed by atoms with van der Waals surface area (Å²) in [5.41, 5.74) is 4.13. The number of carbonyl (C=O) groups excluding carboxylic acids is 2. The van der Waals surface area contributed by atoms with Crippen LogP contribution in [0.3, 0.4) is 0 Å². The summed E-state index contributed by atoms with van der Waals surface area (Å²) < 4.78 is 5.98. The second-order valence-corrected chi connectivity index (χ2v) is 6.40. The van der Waals surface area contributed by atoms with Crippen LogP contribution in [0.2, 0.25) is 0 Å². The zero-order valence-electron chi connectivity index (χ0n) is 14.2. The van der Waals surface area contributed by atoms with E-state index in [1.165, 1.54) is 13.1 Å². The van der Waals surface area contributed by atoms with Crippen molar-refractivity contribution in [3.05, 3.63) is 51.1 Å². The molecule has 0 atom stereocenters. The van der Waals surface area contributed by atoms with Gasteiger partial charge in [0, 0.05) is 18.2 Å². The Morgan fingerprint density at radius 3 is 2.58 bits per heavy atom. The maximum Gasteiger partial charge on any atom is 0.271 e. The Morgan fingerprint density at radius 1 is 1.27 bits per heavy atom. The highest BCUT2D eigenvalue weighted by Gasteiger charge is 2.09. The second kappa shape index (κ2) is 9.18. The fraction of sp³-hybridized carbons (Fsp3) is 0.167. The van der Waals surface area contributed by atoms with Gasteiger partial charge in [0.15, 0.2) is 11.5 Å². The molecule has 0 aliphatic rings. The molecule has 0 heterocycles. The van der Waals surface area contributed by atoms with E-state index in [-0.39, 0.29) is 17.6 Å². The lowest BCUT2D eigenvalue weighted by atomic mass is 10.2. The Hall–Kier alpha value is -2.62. The van der Waals surface area contributed by atoms with Crippen LogP contribution < -0.4 is 15.5 Å². The van der Waals surface area contributed by atoms with Gasteiger partial charge in [0.05, 0.1) is 16.4 Å². The summed E-state index contributed by atoms with van der Waals surface area (Å²) in [7, 11) is 0. The molecule has 0 unspecified atom stereocenters. The Labute approximate surface area is 164 Å². The maximum atomic E-state index is 12.1. The molecule has 7 nitrogen and oxygen atoms in total. The molecule has 0 spiro atoms. The van der Waals surface area contributed by atoms with Crippen LogP contribution in [0, 0.1) is 3.57 Å². The zero-order valence-corrected chi connectivity index (χ0v) is 16.4. The predicted octanol–water partition coefficient (Wildman–Crippen LogP) is 3.12. The summed E-state index contributed by atoms with van der Waals surface area (Å²) in [5, 5.41) is 16.5. The number of benzene rings is 2. The van der Waals surface area contributed by atoms with Crippen LogP contribution in [0.1, 0.15) is 29.8 Å². The van der Waals surface area contributed by atoms with E-state index in [9.17, 15) is 14.7 Å². The number of halogens is 1.